The van der Waals surface area contributed by atoms with Gasteiger partial charge in [-0.3, -0.25) is 4.79 Å². The number of amides is 1. The van der Waals surface area contributed by atoms with Crippen LogP contribution in [0, 0.1) is 0 Å². The van der Waals surface area contributed by atoms with Crippen molar-refractivity contribution in [1.82, 2.24) is 14.9 Å². The van der Waals surface area contributed by atoms with Crippen LogP contribution in [0.4, 0.5) is 13.2 Å². The number of carbonyl (C=O) groups is 2. The number of aromatic nitrogens is 2. The first-order valence-corrected chi connectivity index (χ1v) is 11.7. The number of carboxylic acid groups (broad SMARTS) is 1. The Bertz CT molecular complexity index is 1270. The van der Waals surface area contributed by atoms with E-state index in [9.17, 15) is 27.9 Å². The fraction of sp³-hybridized carbons (Fsp3) is 0.318. The maximum atomic E-state index is 13.1. The highest BCUT2D eigenvalue weighted by Crippen LogP contribution is 2.43. The topological polar surface area (TPSA) is 93.4 Å². The Hall–Kier alpha value is -2.86. The number of nitrogens with zero attached hydrogens (tertiary/aromatic N) is 2. The molecule has 4 rings (SSSR count). The lowest BCUT2D eigenvalue weighted by atomic mass is 9.96. The molecule has 0 bridgehead atoms. The Morgan fingerprint density at radius 3 is 2.68 bits per heavy atom. The molecule has 1 atom stereocenters. The molecule has 3 aromatic rings. The van der Waals surface area contributed by atoms with Crippen molar-refractivity contribution >= 4 is 39.1 Å². The number of rotatable bonds is 6. The van der Waals surface area contributed by atoms with E-state index in [4.69, 9.17) is 4.74 Å². The number of hydrogen-bond donors (Lipinski definition) is 2. The molecule has 12 heteroatoms. The lowest BCUT2D eigenvalue weighted by Gasteiger charge is -2.27. The van der Waals surface area contributed by atoms with E-state index in [1.54, 1.807) is 11.7 Å². The number of thiophene rings is 1. The minimum absolute atomic E-state index is 0.148. The number of nitrogens with one attached hydrogen (secondary N) is 1. The molecule has 2 aromatic heterocycles. The minimum atomic E-state index is -4.79. The standard InChI is InChI=1S/C22H19BrF3N3O4S/c1-21(20(31)32,10-22(24,25)26)28-19(30)18-27-16(15-4-3-7-34-15)17-12-9-13(23)14(33-2)8-11(12)5-6-29(17)18/h3-4,7-9H,5-6,10H2,1-2H3,(H,28,30)(H,31,32)/t21-/m0/s1. The van der Waals surface area contributed by atoms with Crippen molar-refractivity contribution in [3.05, 3.63) is 45.5 Å². The zero-order chi connectivity index (χ0) is 24.8. The molecular weight excluding hydrogens is 539 g/mol. The maximum absolute atomic E-state index is 13.1. The van der Waals surface area contributed by atoms with Gasteiger partial charge in [-0.2, -0.15) is 13.2 Å². The van der Waals surface area contributed by atoms with Gasteiger partial charge in [-0.25, -0.2) is 9.78 Å². The molecule has 0 unspecified atom stereocenters. The number of fused-ring (bicyclic) bond motifs is 3. The highest BCUT2D eigenvalue weighted by atomic mass is 79.9. The smallest absolute Gasteiger partial charge is 0.391 e. The number of carboxylic acids is 1. The number of aryl methyl sites for hydroxylation is 1. The largest absolute Gasteiger partial charge is 0.496 e. The number of aliphatic carboxylic acids is 1. The third-order valence-electron chi connectivity index (χ3n) is 5.58. The van der Waals surface area contributed by atoms with Crippen molar-refractivity contribution in [2.75, 3.05) is 7.11 Å². The molecule has 0 aliphatic carbocycles. The second kappa shape index (κ2) is 8.73. The Balaban J connectivity index is 1.84. The number of imidazole rings is 1. The van der Waals surface area contributed by atoms with Crippen LogP contribution in [0.15, 0.2) is 34.1 Å². The first-order valence-electron chi connectivity index (χ1n) is 10.1. The fourth-order valence-corrected chi connectivity index (χ4v) is 5.21. The third-order valence-corrected chi connectivity index (χ3v) is 7.07. The van der Waals surface area contributed by atoms with E-state index in [1.165, 1.54) is 11.3 Å². The van der Waals surface area contributed by atoms with Crippen molar-refractivity contribution < 1.29 is 32.6 Å². The number of ether oxygens (including phenoxy) is 1. The lowest BCUT2D eigenvalue weighted by Crippen LogP contribution is -2.55. The average Bonchev–Trinajstić information content (AvgIpc) is 3.39. The minimum Gasteiger partial charge on any atom is -0.496 e. The number of halogens is 4. The van der Waals surface area contributed by atoms with Crippen molar-refractivity contribution in [3.63, 3.8) is 0 Å². The van der Waals surface area contributed by atoms with Gasteiger partial charge in [0, 0.05) is 12.1 Å². The van der Waals surface area contributed by atoms with Gasteiger partial charge in [0.2, 0.25) is 0 Å². The van der Waals surface area contributed by atoms with E-state index in [2.05, 4.69) is 26.2 Å². The molecule has 0 saturated carbocycles. The van der Waals surface area contributed by atoms with Gasteiger partial charge in [-0.05, 0) is 58.4 Å². The zero-order valence-electron chi connectivity index (χ0n) is 18.0. The predicted molar refractivity (Wildman–Crippen MR) is 123 cm³/mol. The van der Waals surface area contributed by atoms with Gasteiger partial charge in [-0.1, -0.05) is 6.07 Å². The Morgan fingerprint density at radius 2 is 2.09 bits per heavy atom. The average molecular weight is 558 g/mol. The molecule has 34 heavy (non-hydrogen) atoms. The van der Waals surface area contributed by atoms with Crippen LogP contribution in [0.5, 0.6) is 5.75 Å². The monoisotopic (exact) mass is 557 g/mol. The van der Waals surface area contributed by atoms with Crippen LogP contribution in [-0.4, -0.2) is 45.4 Å². The summed E-state index contributed by atoms with van der Waals surface area (Å²) in [4.78, 5) is 30.0. The molecule has 1 aromatic carbocycles. The molecule has 7 nitrogen and oxygen atoms in total. The van der Waals surface area contributed by atoms with Gasteiger partial charge in [0.05, 0.1) is 28.6 Å². The maximum Gasteiger partial charge on any atom is 0.391 e. The number of hydrogen-bond acceptors (Lipinski definition) is 5. The number of carbonyl (C=O) groups excluding carboxylic acids is 1. The summed E-state index contributed by atoms with van der Waals surface area (Å²) < 4.78 is 46.8. The third kappa shape index (κ3) is 4.43. The second-order valence-corrected chi connectivity index (χ2v) is 9.84. The summed E-state index contributed by atoms with van der Waals surface area (Å²) in [5.74, 6) is -2.28. The van der Waals surface area contributed by atoms with Crippen molar-refractivity contribution in [3.8, 4) is 27.6 Å². The van der Waals surface area contributed by atoms with Gasteiger partial charge in [-0.15, -0.1) is 11.3 Å². The zero-order valence-corrected chi connectivity index (χ0v) is 20.4. The van der Waals surface area contributed by atoms with E-state index in [0.29, 0.717) is 34.6 Å². The quantitative estimate of drug-likeness (QED) is 0.438. The summed E-state index contributed by atoms with van der Waals surface area (Å²) in [6.07, 6.45) is -5.99. The normalized spacial score (nSPS) is 14.6. The Labute approximate surface area is 204 Å². The molecule has 1 amide bonds. The first-order chi connectivity index (χ1) is 15.9. The highest BCUT2D eigenvalue weighted by Gasteiger charge is 2.46. The summed E-state index contributed by atoms with van der Waals surface area (Å²) in [5, 5.41) is 13.3. The number of methoxy groups -OCH3 is 1. The van der Waals surface area contributed by atoms with Gasteiger partial charge >= 0.3 is 12.1 Å². The molecule has 0 fully saturated rings. The molecule has 1 aliphatic heterocycles. The van der Waals surface area contributed by atoms with Gasteiger partial charge in [0.25, 0.3) is 5.91 Å². The summed E-state index contributed by atoms with van der Waals surface area (Å²) in [5.41, 5.74) is 0.333. The Kier molecular flexibility index (Phi) is 6.23. The van der Waals surface area contributed by atoms with Crippen LogP contribution >= 0.6 is 27.3 Å². The van der Waals surface area contributed by atoms with E-state index in [1.807, 2.05) is 29.6 Å². The van der Waals surface area contributed by atoms with Crippen molar-refractivity contribution in [2.45, 2.75) is 38.0 Å². The molecule has 180 valence electrons. The first kappa shape index (κ1) is 24.3. The van der Waals surface area contributed by atoms with Crippen LogP contribution in [0.1, 0.15) is 29.5 Å². The molecule has 0 spiro atoms. The summed E-state index contributed by atoms with van der Waals surface area (Å²) >= 11 is 4.88. The summed E-state index contributed by atoms with van der Waals surface area (Å²) in [6.45, 7) is 1.16. The molecule has 0 saturated heterocycles. The van der Waals surface area contributed by atoms with Crippen LogP contribution in [0.2, 0.25) is 0 Å². The van der Waals surface area contributed by atoms with Crippen LogP contribution in [-0.2, 0) is 17.8 Å². The molecule has 1 aliphatic rings. The van der Waals surface area contributed by atoms with Crippen LogP contribution < -0.4 is 10.1 Å². The number of benzene rings is 1. The molecule has 3 heterocycles. The molecular formula is C22H19BrF3N3O4S. The Morgan fingerprint density at radius 1 is 1.35 bits per heavy atom. The highest BCUT2D eigenvalue weighted by molar-refractivity contribution is 9.10. The van der Waals surface area contributed by atoms with E-state index in [-0.39, 0.29) is 5.82 Å². The van der Waals surface area contributed by atoms with E-state index in [0.717, 1.165) is 22.9 Å². The van der Waals surface area contributed by atoms with E-state index < -0.39 is 30.0 Å². The van der Waals surface area contributed by atoms with Crippen LogP contribution in [0.3, 0.4) is 0 Å². The predicted octanol–water partition coefficient (Wildman–Crippen LogP) is 5.13. The summed E-state index contributed by atoms with van der Waals surface area (Å²) in [6, 6.07) is 7.39. The van der Waals surface area contributed by atoms with Gasteiger partial charge < -0.3 is 19.7 Å². The van der Waals surface area contributed by atoms with Crippen molar-refractivity contribution in [1.29, 1.82) is 0 Å². The lowest BCUT2D eigenvalue weighted by molar-refractivity contribution is -0.167. The van der Waals surface area contributed by atoms with Gasteiger partial charge in [0.1, 0.15) is 17.0 Å². The van der Waals surface area contributed by atoms with Crippen molar-refractivity contribution in [2.24, 2.45) is 0 Å². The molecule has 2 N–H and O–H groups in total. The fourth-order valence-electron chi connectivity index (χ4n) is 3.99. The molecule has 0 radical (unpaired) electrons. The number of alkyl halides is 3. The van der Waals surface area contributed by atoms with Crippen LogP contribution in [0.25, 0.3) is 21.8 Å². The summed E-state index contributed by atoms with van der Waals surface area (Å²) in [7, 11) is 1.56. The second-order valence-electron chi connectivity index (χ2n) is 8.04. The van der Waals surface area contributed by atoms with Gasteiger partial charge in [0.15, 0.2) is 5.82 Å². The SMILES string of the molecule is COc1cc2c(cc1Br)-c1c(-c3cccs3)nc(C(=O)N[C@@](C)(CC(F)(F)F)C(=O)O)n1CC2. The van der Waals surface area contributed by atoms with E-state index >= 15 is 0 Å².